The van der Waals surface area contributed by atoms with Gasteiger partial charge in [-0.2, -0.15) is 0 Å². The molecular weight excluding hydrogens is 330 g/mol. The fourth-order valence-electron chi connectivity index (χ4n) is 2.08. The molecule has 5 nitrogen and oxygen atoms in total. The second kappa shape index (κ2) is 8.45. The lowest BCUT2D eigenvalue weighted by Gasteiger charge is -2.12. The van der Waals surface area contributed by atoms with Crippen LogP contribution in [0, 0.1) is 6.92 Å². The van der Waals surface area contributed by atoms with Crippen LogP contribution in [-0.2, 0) is 4.79 Å². The Labute approximate surface area is 146 Å². The average molecular weight is 350 g/mol. The highest BCUT2D eigenvalue weighted by molar-refractivity contribution is 6.31. The minimum Gasteiger partial charge on any atom is -0.497 e. The summed E-state index contributed by atoms with van der Waals surface area (Å²) in [6.45, 7) is 2.14. The Kier molecular flexibility index (Phi) is 6.32. The molecule has 6 heteroatoms. The zero-order valence-corrected chi connectivity index (χ0v) is 14.6. The first-order valence-electron chi connectivity index (χ1n) is 7.44. The molecule has 1 N–H and O–H groups in total. The molecule has 0 heterocycles. The van der Waals surface area contributed by atoms with Gasteiger partial charge in [0.1, 0.15) is 17.2 Å². The number of rotatable bonds is 7. The van der Waals surface area contributed by atoms with E-state index in [4.69, 9.17) is 25.8 Å². The van der Waals surface area contributed by atoms with Crippen molar-refractivity contribution in [2.24, 2.45) is 0 Å². The molecule has 128 valence electrons. The minimum absolute atomic E-state index is 0.163. The average Bonchev–Trinajstić information content (AvgIpc) is 2.58. The van der Waals surface area contributed by atoms with Crippen molar-refractivity contribution in [3.05, 3.63) is 47.0 Å². The molecule has 0 atom stereocenters. The molecule has 0 aliphatic carbocycles. The smallest absolute Gasteiger partial charge is 0.227 e. The molecule has 0 unspecified atom stereocenters. The number of amides is 1. The molecule has 2 aromatic rings. The summed E-state index contributed by atoms with van der Waals surface area (Å²) in [7, 11) is 3.14. The first kappa shape index (κ1) is 17.9. The second-order valence-corrected chi connectivity index (χ2v) is 5.53. The molecule has 0 spiro atoms. The van der Waals surface area contributed by atoms with Gasteiger partial charge in [0.05, 0.1) is 32.9 Å². The molecule has 0 radical (unpaired) electrons. The molecule has 0 saturated carbocycles. The van der Waals surface area contributed by atoms with Crippen LogP contribution in [0.2, 0.25) is 5.02 Å². The molecule has 0 aliphatic rings. The van der Waals surface area contributed by atoms with Crippen molar-refractivity contribution in [3.8, 4) is 17.2 Å². The summed E-state index contributed by atoms with van der Waals surface area (Å²) in [4.78, 5) is 12.1. The second-order valence-electron chi connectivity index (χ2n) is 5.12. The number of nitrogens with one attached hydrogen (secondary N) is 1. The van der Waals surface area contributed by atoms with Crippen molar-refractivity contribution in [3.63, 3.8) is 0 Å². The van der Waals surface area contributed by atoms with E-state index in [1.165, 1.54) is 7.11 Å². The Bertz CT molecular complexity index is 701. The van der Waals surface area contributed by atoms with E-state index < -0.39 is 0 Å². The van der Waals surface area contributed by atoms with Gasteiger partial charge >= 0.3 is 0 Å². The predicted octanol–water partition coefficient (Wildman–Crippen LogP) is 4.07. The van der Waals surface area contributed by atoms with Gasteiger partial charge in [0, 0.05) is 11.1 Å². The van der Waals surface area contributed by atoms with Crippen LogP contribution in [0.3, 0.4) is 0 Å². The number of hydrogen-bond acceptors (Lipinski definition) is 4. The summed E-state index contributed by atoms with van der Waals surface area (Å²) in [5, 5.41) is 3.40. The molecular formula is C18H20ClNO4. The minimum atomic E-state index is -0.163. The number of carbonyl (C=O) groups excluding carboxylic acids is 1. The van der Waals surface area contributed by atoms with Gasteiger partial charge in [-0.05, 0) is 42.8 Å². The van der Waals surface area contributed by atoms with Gasteiger partial charge in [0.15, 0.2) is 0 Å². The van der Waals surface area contributed by atoms with Gasteiger partial charge in [0.2, 0.25) is 5.91 Å². The quantitative estimate of drug-likeness (QED) is 0.818. The van der Waals surface area contributed by atoms with Crippen LogP contribution in [0.4, 0.5) is 5.69 Å². The maximum absolute atomic E-state index is 12.1. The van der Waals surface area contributed by atoms with Crippen LogP contribution >= 0.6 is 11.6 Å². The number of carbonyl (C=O) groups is 1. The van der Waals surface area contributed by atoms with Crippen molar-refractivity contribution >= 4 is 23.2 Å². The fourth-order valence-corrected chi connectivity index (χ4v) is 2.23. The number of anilines is 1. The summed E-state index contributed by atoms with van der Waals surface area (Å²) in [6, 6.07) is 10.7. The Hall–Kier alpha value is -2.40. The number of halogens is 1. The van der Waals surface area contributed by atoms with Gasteiger partial charge in [-0.1, -0.05) is 11.6 Å². The Morgan fingerprint density at radius 1 is 1.08 bits per heavy atom. The third-order valence-corrected chi connectivity index (χ3v) is 3.82. The molecule has 24 heavy (non-hydrogen) atoms. The fraction of sp³-hybridized carbons (Fsp3) is 0.278. The lowest BCUT2D eigenvalue weighted by Crippen LogP contribution is -2.16. The number of ether oxygens (including phenoxy) is 3. The Balaban J connectivity index is 1.88. The monoisotopic (exact) mass is 349 g/mol. The Morgan fingerprint density at radius 2 is 1.75 bits per heavy atom. The molecule has 2 rings (SSSR count). The van der Waals surface area contributed by atoms with Gasteiger partial charge in [-0.25, -0.2) is 0 Å². The van der Waals surface area contributed by atoms with Crippen molar-refractivity contribution < 1.29 is 19.0 Å². The maximum atomic E-state index is 12.1. The number of benzene rings is 2. The Morgan fingerprint density at radius 3 is 2.38 bits per heavy atom. The molecule has 0 aromatic heterocycles. The van der Waals surface area contributed by atoms with E-state index in [9.17, 15) is 4.79 Å². The lowest BCUT2D eigenvalue weighted by atomic mass is 10.2. The van der Waals surface area contributed by atoms with Gasteiger partial charge in [0.25, 0.3) is 0 Å². The van der Waals surface area contributed by atoms with Crippen LogP contribution < -0.4 is 19.5 Å². The van der Waals surface area contributed by atoms with E-state index in [2.05, 4.69) is 5.32 Å². The van der Waals surface area contributed by atoms with Crippen molar-refractivity contribution in [2.75, 3.05) is 26.1 Å². The van der Waals surface area contributed by atoms with Crippen LogP contribution in [0.25, 0.3) is 0 Å². The van der Waals surface area contributed by atoms with E-state index in [1.807, 2.05) is 6.92 Å². The summed E-state index contributed by atoms with van der Waals surface area (Å²) in [6.07, 6.45) is 0.219. The van der Waals surface area contributed by atoms with E-state index in [0.717, 1.165) is 11.3 Å². The van der Waals surface area contributed by atoms with E-state index in [1.54, 1.807) is 43.5 Å². The molecule has 0 saturated heterocycles. The summed E-state index contributed by atoms with van der Waals surface area (Å²) < 4.78 is 15.9. The maximum Gasteiger partial charge on any atom is 0.227 e. The predicted molar refractivity (Wildman–Crippen MR) is 94.5 cm³/mol. The van der Waals surface area contributed by atoms with Crippen LogP contribution in [0.15, 0.2) is 36.4 Å². The van der Waals surface area contributed by atoms with Gasteiger partial charge in [-0.15, -0.1) is 0 Å². The molecule has 0 fully saturated rings. The third kappa shape index (κ3) is 4.80. The van der Waals surface area contributed by atoms with Gasteiger partial charge < -0.3 is 19.5 Å². The first-order chi connectivity index (χ1) is 11.5. The topological polar surface area (TPSA) is 56.8 Å². The largest absolute Gasteiger partial charge is 0.497 e. The number of aryl methyl sites for hydroxylation is 1. The highest BCUT2D eigenvalue weighted by Gasteiger charge is 2.10. The summed E-state index contributed by atoms with van der Waals surface area (Å²) in [5.74, 6) is 1.80. The van der Waals surface area contributed by atoms with Crippen LogP contribution in [0.5, 0.6) is 17.2 Å². The zero-order chi connectivity index (χ0) is 17.5. The lowest BCUT2D eigenvalue weighted by molar-refractivity contribution is -0.116. The molecule has 0 bridgehead atoms. The highest BCUT2D eigenvalue weighted by atomic mass is 35.5. The van der Waals surface area contributed by atoms with Gasteiger partial charge in [-0.3, -0.25) is 4.79 Å². The molecule has 1 amide bonds. The van der Waals surface area contributed by atoms with Crippen LogP contribution in [0.1, 0.15) is 12.0 Å². The molecule has 2 aromatic carbocycles. The van der Waals surface area contributed by atoms with E-state index in [0.29, 0.717) is 22.2 Å². The summed E-state index contributed by atoms with van der Waals surface area (Å²) >= 11 is 6.05. The van der Waals surface area contributed by atoms with Crippen molar-refractivity contribution in [1.82, 2.24) is 0 Å². The van der Waals surface area contributed by atoms with Crippen LogP contribution in [-0.4, -0.2) is 26.7 Å². The SMILES string of the molecule is COc1ccc(OCCC(=O)Nc2cc(C)c(Cl)cc2OC)cc1. The summed E-state index contributed by atoms with van der Waals surface area (Å²) in [5.41, 5.74) is 1.45. The highest BCUT2D eigenvalue weighted by Crippen LogP contribution is 2.31. The third-order valence-electron chi connectivity index (χ3n) is 3.41. The van der Waals surface area contributed by atoms with Crippen molar-refractivity contribution in [1.29, 1.82) is 0 Å². The number of hydrogen-bond donors (Lipinski definition) is 1. The first-order valence-corrected chi connectivity index (χ1v) is 7.82. The van der Waals surface area contributed by atoms with E-state index >= 15 is 0 Å². The standard InChI is InChI=1S/C18H20ClNO4/c1-12-10-16(17(23-3)11-15(12)19)20-18(21)8-9-24-14-6-4-13(22-2)5-7-14/h4-7,10-11H,8-9H2,1-3H3,(H,20,21). The molecule has 0 aliphatic heterocycles. The normalized spacial score (nSPS) is 10.2. The number of methoxy groups -OCH3 is 2. The zero-order valence-electron chi connectivity index (χ0n) is 13.9. The van der Waals surface area contributed by atoms with E-state index in [-0.39, 0.29) is 18.9 Å². The van der Waals surface area contributed by atoms with Crippen molar-refractivity contribution in [2.45, 2.75) is 13.3 Å².